The van der Waals surface area contributed by atoms with Gasteiger partial charge in [0.2, 0.25) is 0 Å². The summed E-state index contributed by atoms with van der Waals surface area (Å²) in [5, 5.41) is 9.68. The number of hydrogen-bond acceptors (Lipinski definition) is 4. The van der Waals surface area contributed by atoms with Crippen LogP contribution in [0.2, 0.25) is 0 Å². The van der Waals surface area contributed by atoms with Crippen LogP contribution in [0, 0.1) is 0 Å². The Balaban J connectivity index is 1.49. The van der Waals surface area contributed by atoms with E-state index in [9.17, 15) is 18.3 Å². The molecule has 2 aromatic rings. The number of anilines is 1. The highest BCUT2D eigenvalue weighted by molar-refractivity contribution is 5.56. The number of hydrogen-bond donors (Lipinski definition) is 1. The van der Waals surface area contributed by atoms with Crippen LogP contribution in [-0.4, -0.2) is 31.2 Å². The third kappa shape index (κ3) is 5.70. The first kappa shape index (κ1) is 19.2. The SMILES string of the molecule is Oc1ccc2c(c1)CCCCN2CCCOc1ccc(OC(F)(F)F)cc1. The van der Waals surface area contributed by atoms with Gasteiger partial charge in [-0.2, -0.15) is 0 Å². The van der Waals surface area contributed by atoms with E-state index >= 15 is 0 Å². The summed E-state index contributed by atoms with van der Waals surface area (Å²) in [5.74, 6) is 0.530. The molecule has 1 aliphatic rings. The Morgan fingerprint density at radius 2 is 1.74 bits per heavy atom. The molecule has 7 heteroatoms. The minimum Gasteiger partial charge on any atom is -0.508 e. The summed E-state index contributed by atoms with van der Waals surface area (Å²) < 4.78 is 45.9. The van der Waals surface area contributed by atoms with Gasteiger partial charge in [0.15, 0.2) is 0 Å². The summed E-state index contributed by atoms with van der Waals surface area (Å²) >= 11 is 0. The summed E-state index contributed by atoms with van der Waals surface area (Å²) in [6.45, 7) is 2.23. The van der Waals surface area contributed by atoms with E-state index in [0.717, 1.165) is 50.0 Å². The van der Waals surface area contributed by atoms with Crippen molar-refractivity contribution in [3.8, 4) is 17.2 Å². The second-order valence-electron chi connectivity index (χ2n) is 6.48. The molecule has 0 aromatic heterocycles. The molecule has 146 valence electrons. The number of aromatic hydroxyl groups is 1. The van der Waals surface area contributed by atoms with E-state index in [-0.39, 0.29) is 11.5 Å². The molecule has 0 spiro atoms. The maximum absolute atomic E-state index is 12.2. The van der Waals surface area contributed by atoms with Gasteiger partial charge in [-0.1, -0.05) is 0 Å². The van der Waals surface area contributed by atoms with Crippen LogP contribution < -0.4 is 14.4 Å². The fraction of sp³-hybridized carbons (Fsp3) is 0.400. The number of fused-ring (bicyclic) bond motifs is 1. The van der Waals surface area contributed by atoms with Crippen molar-refractivity contribution >= 4 is 5.69 Å². The molecule has 0 aliphatic carbocycles. The first-order chi connectivity index (χ1) is 12.9. The van der Waals surface area contributed by atoms with Crippen LogP contribution in [0.15, 0.2) is 42.5 Å². The topological polar surface area (TPSA) is 41.9 Å². The van der Waals surface area contributed by atoms with Gasteiger partial charge in [-0.3, -0.25) is 0 Å². The quantitative estimate of drug-likeness (QED) is 0.723. The molecule has 1 aliphatic heterocycles. The van der Waals surface area contributed by atoms with Crippen LogP contribution in [0.3, 0.4) is 0 Å². The monoisotopic (exact) mass is 381 g/mol. The fourth-order valence-electron chi connectivity index (χ4n) is 3.23. The number of phenolic OH excluding ortho intramolecular Hbond substituents is 1. The average Bonchev–Trinajstić information content (AvgIpc) is 2.80. The second kappa shape index (κ2) is 8.41. The van der Waals surface area contributed by atoms with Crippen LogP contribution in [0.25, 0.3) is 0 Å². The number of benzene rings is 2. The molecule has 0 saturated heterocycles. The molecule has 0 bridgehead atoms. The van der Waals surface area contributed by atoms with Gasteiger partial charge in [0.25, 0.3) is 0 Å². The molecule has 1 N–H and O–H groups in total. The van der Waals surface area contributed by atoms with E-state index in [4.69, 9.17) is 4.74 Å². The van der Waals surface area contributed by atoms with Crippen LogP contribution in [0.5, 0.6) is 17.2 Å². The molecule has 2 aromatic carbocycles. The van der Waals surface area contributed by atoms with Gasteiger partial charge < -0.3 is 19.5 Å². The first-order valence-electron chi connectivity index (χ1n) is 8.96. The molecular formula is C20H22F3NO3. The van der Waals surface area contributed by atoms with Gasteiger partial charge in [-0.25, -0.2) is 0 Å². The largest absolute Gasteiger partial charge is 0.573 e. The molecule has 3 rings (SSSR count). The van der Waals surface area contributed by atoms with Gasteiger partial charge in [-0.05, 0) is 73.7 Å². The van der Waals surface area contributed by atoms with Gasteiger partial charge >= 0.3 is 6.36 Å². The molecule has 27 heavy (non-hydrogen) atoms. The molecular weight excluding hydrogens is 359 g/mol. The van der Waals surface area contributed by atoms with Gasteiger partial charge in [-0.15, -0.1) is 13.2 Å². The van der Waals surface area contributed by atoms with Crippen molar-refractivity contribution in [2.24, 2.45) is 0 Å². The van der Waals surface area contributed by atoms with Crippen LogP contribution in [0.1, 0.15) is 24.8 Å². The fourth-order valence-corrected chi connectivity index (χ4v) is 3.23. The highest BCUT2D eigenvalue weighted by Gasteiger charge is 2.30. The standard InChI is InChI=1S/C20H22F3NO3/c21-20(22,23)27-18-8-6-17(7-9-18)26-13-3-12-24-11-2-1-4-15-14-16(25)5-10-19(15)24/h5-10,14,25H,1-4,11-13H2. The molecule has 0 amide bonds. The van der Waals surface area contributed by atoms with E-state index in [1.807, 2.05) is 12.1 Å². The van der Waals surface area contributed by atoms with Crippen molar-refractivity contribution < 1.29 is 27.8 Å². The van der Waals surface area contributed by atoms with Crippen molar-refractivity contribution in [3.63, 3.8) is 0 Å². The number of alkyl halides is 3. The van der Waals surface area contributed by atoms with Gasteiger partial charge in [0.05, 0.1) is 6.61 Å². The lowest BCUT2D eigenvalue weighted by Crippen LogP contribution is -2.26. The zero-order valence-electron chi connectivity index (χ0n) is 14.8. The molecule has 0 unspecified atom stereocenters. The number of aryl methyl sites for hydroxylation is 1. The van der Waals surface area contributed by atoms with E-state index < -0.39 is 6.36 Å². The number of nitrogens with zero attached hydrogens (tertiary/aromatic N) is 1. The van der Waals surface area contributed by atoms with Crippen LogP contribution in [0.4, 0.5) is 18.9 Å². The average molecular weight is 381 g/mol. The smallest absolute Gasteiger partial charge is 0.508 e. The third-order valence-electron chi connectivity index (χ3n) is 4.43. The summed E-state index contributed by atoms with van der Waals surface area (Å²) in [5.41, 5.74) is 2.31. The van der Waals surface area contributed by atoms with E-state index in [0.29, 0.717) is 12.4 Å². The maximum atomic E-state index is 12.2. The Kier molecular flexibility index (Phi) is 5.98. The Hall–Kier alpha value is -2.57. The normalized spacial score (nSPS) is 14.4. The first-order valence-corrected chi connectivity index (χ1v) is 8.96. The lowest BCUT2D eigenvalue weighted by atomic mass is 10.1. The zero-order valence-corrected chi connectivity index (χ0v) is 14.8. The summed E-state index contributed by atoms with van der Waals surface area (Å²) in [6.07, 6.45) is -0.764. The van der Waals surface area contributed by atoms with Crippen molar-refractivity contribution in [1.29, 1.82) is 0 Å². The van der Waals surface area contributed by atoms with Crippen molar-refractivity contribution in [2.75, 3.05) is 24.6 Å². The Morgan fingerprint density at radius 3 is 2.48 bits per heavy atom. The van der Waals surface area contributed by atoms with E-state index in [1.54, 1.807) is 6.07 Å². The minimum atomic E-state index is -4.69. The summed E-state index contributed by atoms with van der Waals surface area (Å²) in [4.78, 5) is 2.30. The molecule has 0 saturated carbocycles. The second-order valence-corrected chi connectivity index (χ2v) is 6.48. The Morgan fingerprint density at radius 1 is 1.00 bits per heavy atom. The minimum absolute atomic E-state index is 0.265. The van der Waals surface area contributed by atoms with E-state index in [1.165, 1.54) is 24.3 Å². The molecule has 4 nitrogen and oxygen atoms in total. The highest BCUT2D eigenvalue weighted by Crippen LogP contribution is 2.29. The number of ether oxygens (including phenoxy) is 2. The number of halogens is 3. The number of rotatable bonds is 6. The predicted octanol–water partition coefficient (Wildman–Crippen LogP) is 4.90. The molecule has 0 fully saturated rings. The van der Waals surface area contributed by atoms with Crippen LogP contribution >= 0.6 is 0 Å². The summed E-state index contributed by atoms with van der Waals surface area (Å²) in [6, 6.07) is 10.9. The third-order valence-corrected chi connectivity index (χ3v) is 4.43. The summed E-state index contributed by atoms with van der Waals surface area (Å²) in [7, 11) is 0. The lowest BCUT2D eigenvalue weighted by molar-refractivity contribution is -0.274. The maximum Gasteiger partial charge on any atom is 0.573 e. The predicted molar refractivity (Wildman–Crippen MR) is 96.5 cm³/mol. The zero-order chi connectivity index (χ0) is 19.3. The van der Waals surface area contributed by atoms with Crippen LogP contribution in [-0.2, 0) is 6.42 Å². The lowest BCUT2D eigenvalue weighted by Gasteiger charge is -2.25. The Labute approximate surface area is 156 Å². The highest BCUT2D eigenvalue weighted by atomic mass is 19.4. The van der Waals surface area contributed by atoms with Crippen molar-refractivity contribution in [3.05, 3.63) is 48.0 Å². The molecule has 0 radical (unpaired) electrons. The van der Waals surface area contributed by atoms with E-state index in [2.05, 4.69) is 9.64 Å². The molecule has 0 atom stereocenters. The van der Waals surface area contributed by atoms with Gasteiger partial charge in [0, 0.05) is 18.8 Å². The number of phenols is 1. The van der Waals surface area contributed by atoms with Gasteiger partial charge in [0.1, 0.15) is 17.2 Å². The Bertz CT molecular complexity index is 747. The van der Waals surface area contributed by atoms with Crippen molar-refractivity contribution in [2.45, 2.75) is 32.0 Å². The van der Waals surface area contributed by atoms with Crippen molar-refractivity contribution in [1.82, 2.24) is 0 Å². The molecule has 1 heterocycles.